The Bertz CT molecular complexity index is 438. The molecule has 1 aromatic carbocycles. The van der Waals surface area contributed by atoms with Crippen LogP contribution in [0.1, 0.15) is 5.56 Å². The summed E-state index contributed by atoms with van der Waals surface area (Å²) in [5, 5.41) is 5.42. The first-order valence-electron chi connectivity index (χ1n) is 5.05. The summed E-state index contributed by atoms with van der Waals surface area (Å²) in [4.78, 5) is 22.3. The number of amides is 2. The van der Waals surface area contributed by atoms with Crippen molar-refractivity contribution < 1.29 is 9.59 Å². The molecule has 0 bridgehead atoms. The molecule has 0 aromatic heterocycles. The number of halogens is 2. The molecule has 7 heteroatoms. The number of anilines is 1. The van der Waals surface area contributed by atoms with Gasteiger partial charge in [0.1, 0.15) is 0 Å². The zero-order valence-electron chi connectivity index (χ0n) is 9.83. The SMILES string of the molecule is Cc1ccc(NC(=O)CNC(=O)CN)c(Cl)c1.Cl. The van der Waals surface area contributed by atoms with E-state index in [1.165, 1.54) is 0 Å². The van der Waals surface area contributed by atoms with Crippen LogP contribution < -0.4 is 16.4 Å². The van der Waals surface area contributed by atoms with Crippen LogP contribution in [-0.2, 0) is 9.59 Å². The Morgan fingerprint density at radius 1 is 1.33 bits per heavy atom. The molecule has 0 aliphatic carbocycles. The van der Waals surface area contributed by atoms with E-state index in [0.29, 0.717) is 10.7 Å². The second-order valence-electron chi connectivity index (χ2n) is 3.51. The maximum Gasteiger partial charge on any atom is 0.243 e. The minimum Gasteiger partial charge on any atom is -0.346 e. The van der Waals surface area contributed by atoms with Crippen molar-refractivity contribution >= 4 is 41.5 Å². The van der Waals surface area contributed by atoms with E-state index < -0.39 is 0 Å². The van der Waals surface area contributed by atoms with E-state index in [2.05, 4.69) is 10.6 Å². The molecule has 0 heterocycles. The van der Waals surface area contributed by atoms with Gasteiger partial charge in [0.15, 0.2) is 0 Å². The summed E-state index contributed by atoms with van der Waals surface area (Å²) in [5.74, 6) is -0.729. The molecular formula is C11H15Cl2N3O2. The monoisotopic (exact) mass is 291 g/mol. The fourth-order valence-electron chi connectivity index (χ4n) is 1.17. The molecule has 0 aliphatic rings. The van der Waals surface area contributed by atoms with Crippen molar-refractivity contribution in [2.75, 3.05) is 18.4 Å². The van der Waals surface area contributed by atoms with Gasteiger partial charge in [-0.15, -0.1) is 12.4 Å². The number of hydrogen-bond donors (Lipinski definition) is 3. The molecule has 2 amide bonds. The smallest absolute Gasteiger partial charge is 0.243 e. The molecule has 0 radical (unpaired) electrons. The fraction of sp³-hybridized carbons (Fsp3) is 0.273. The molecule has 18 heavy (non-hydrogen) atoms. The largest absolute Gasteiger partial charge is 0.346 e. The van der Waals surface area contributed by atoms with E-state index in [0.717, 1.165) is 5.56 Å². The van der Waals surface area contributed by atoms with Gasteiger partial charge in [0.25, 0.3) is 0 Å². The maximum absolute atomic E-state index is 11.4. The Balaban J connectivity index is 0.00000289. The summed E-state index contributed by atoms with van der Waals surface area (Å²) in [7, 11) is 0. The van der Waals surface area contributed by atoms with Gasteiger partial charge in [0, 0.05) is 0 Å². The van der Waals surface area contributed by atoms with E-state index in [9.17, 15) is 9.59 Å². The van der Waals surface area contributed by atoms with E-state index in [1.807, 2.05) is 13.0 Å². The predicted octanol–water partition coefficient (Wildman–Crippen LogP) is 1.08. The first kappa shape index (κ1) is 16.7. The number of carbonyl (C=O) groups is 2. The molecule has 0 spiro atoms. The van der Waals surface area contributed by atoms with Gasteiger partial charge in [-0.25, -0.2) is 0 Å². The lowest BCUT2D eigenvalue weighted by atomic mass is 10.2. The number of hydrogen-bond acceptors (Lipinski definition) is 3. The minimum atomic E-state index is -0.379. The molecule has 4 N–H and O–H groups in total. The van der Waals surface area contributed by atoms with Crippen molar-refractivity contribution in [1.82, 2.24) is 5.32 Å². The average molecular weight is 292 g/mol. The first-order chi connectivity index (χ1) is 8.02. The van der Waals surface area contributed by atoms with Crippen molar-refractivity contribution in [3.63, 3.8) is 0 Å². The Morgan fingerprint density at radius 3 is 2.56 bits per heavy atom. The van der Waals surface area contributed by atoms with Gasteiger partial charge in [0.2, 0.25) is 11.8 Å². The number of benzene rings is 1. The highest BCUT2D eigenvalue weighted by molar-refractivity contribution is 6.33. The zero-order chi connectivity index (χ0) is 12.8. The topological polar surface area (TPSA) is 84.2 Å². The van der Waals surface area contributed by atoms with E-state index in [1.54, 1.807) is 12.1 Å². The van der Waals surface area contributed by atoms with Gasteiger partial charge < -0.3 is 16.4 Å². The normalized spacial score (nSPS) is 9.28. The summed E-state index contributed by atoms with van der Waals surface area (Å²) < 4.78 is 0. The molecule has 1 rings (SSSR count). The predicted molar refractivity (Wildman–Crippen MR) is 74.1 cm³/mol. The molecule has 100 valence electrons. The third-order valence-electron chi connectivity index (χ3n) is 2.03. The lowest BCUT2D eigenvalue weighted by Gasteiger charge is -2.08. The summed E-state index contributed by atoms with van der Waals surface area (Å²) in [6.07, 6.45) is 0. The van der Waals surface area contributed by atoms with Crippen LogP contribution >= 0.6 is 24.0 Å². The van der Waals surface area contributed by atoms with Crippen LogP contribution in [0, 0.1) is 6.92 Å². The Kier molecular flexibility index (Phi) is 7.35. The highest BCUT2D eigenvalue weighted by atomic mass is 35.5. The van der Waals surface area contributed by atoms with Gasteiger partial charge >= 0.3 is 0 Å². The van der Waals surface area contributed by atoms with E-state index in [4.69, 9.17) is 17.3 Å². The first-order valence-corrected chi connectivity index (χ1v) is 5.43. The molecule has 5 nitrogen and oxygen atoms in total. The number of nitrogens with two attached hydrogens (primary N) is 1. The number of nitrogens with one attached hydrogen (secondary N) is 2. The summed E-state index contributed by atoms with van der Waals surface area (Å²) in [6, 6.07) is 5.29. The van der Waals surface area contributed by atoms with Crippen LogP contribution in [-0.4, -0.2) is 24.9 Å². The molecule has 0 aliphatic heterocycles. The molecule has 1 aromatic rings. The van der Waals surface area contributed by atoms with Crippen LogP contribution in [0.15, 0.2) is 18.2 Å². The Hall–Kier alpha value is -1.30. The van der Waals surface area contributed by atoms with Crippen molar-refractivity contribution in [3.05, 3.63) is 28.8 Å². The standard InChI is InChI=1S/C11H14ClN3O2.ClH/c1-7-2-3-9(8(12)4-7)15-11(17)6-14-10(16)5-13;/h2-4H,5-6,13H2,1H3,(H,14,16)(H,15,17);1H. The van der Waals surface area contributed by atoms with Crippen molar-refractivity contribution in [2.45, 2.75) is 6.92 Å². The molecule has 0 saturated heterocycles. The Labute approximate surface area is 116 Å². The van der Waals surface area contributed by atoms with Crippen molar-refractivity contribution in [2.24, 2.45) is 5.73 Å². The van der Waals surface area contributed by atoms with Gasteiger partial charge in [0.05, 0.1) is 23.8 Å². The van der Waals surface area contributed by atoms with Crippen LogP contribution in [0.2, 0.25) is 5.02 Å². The highest BCUT2D eigenvalue weighted by Gasteiger charge is 2.06. The average Bonchev–Trinajstić information content (AvgIpc) is 2.29. The third-order valence-corrected chi connectivity index (χ3v) is 2.34. The van der Waals surface area contributed by atoms with Gasteiger partial charge in [-0.2, -0.15) is 0 Å². The molecule has 0 fully saturated rings. The van der Waals surface area contributed by atoms with E-state index >= 15 is 0 Å². The quantitative estimate of drug-likeness (QED) is 0.776. The molecular weight excluding hydrogens is 277 g/mol. The second kappa shape index (κ2) is 7.92. The van der Waals surface area contributed by atoms with Gasteiger partial charge in [-0.1, -0.05) is 17.7 Å². The molecule has 0 unspecified atom stereocenters. The summed E-state index contributed by atoms with van der Waals surface area (Å²) in [6.45, 7) is 1.64. The van der Waals surface area contributed by atoms with Crippen LogP contribution in [0.4, 0.5) is 5.69 Å². The number of rotatable bonds is 4. The van der Waals surface area contributed by atoms with Crippen molar-refractivity contribution in [1.29, 1.82) is 0 Å². The lowest BCUT2D eigenvalue weighted by molar-refractivity contribution is -0.123. The lowest BCUT2D eigenvalue weighted by Crippen LogP contribution is -2.36. The van der Waals surface area contributed by atoms with Crippen LogP contribution in [0.3, 0.4) is 0 Å². The molecule has 0 atom stereocenters. The Morgan fingerprint density at radius 2 is 2.00 bits per heavy atom. The van der Waals surface area contributed by atoms with Gasteiger partial charge in [-0.3, -0.25) is 9.59 Å². The number of carbonyl (C=O) groups excluding carboxylic acids is 2. The zero-order valence-corrected chi connectivity index (χ0v) is 11.4. The third kappa shape index (κ3) is 5.35. The fourth-order valence-corrected chi connectivity index (χ4v) is 1.45. The van der Waals surface area contributed by atoms with Gasteiger partial charge in [-0.05, 0) is 24.6 Å². The minimum absolute atomic E-state index is 0. The highest BCUT2D eigenvalue weighted by Crippen LogP contribution is 2.22. The summed E-state index contributed by atoms with van der Waals surface area (Å²) >= 11 is 5.94. The van der Waals surface area contributed by atoms with Crippen LogP contribution in [0.25, 0.3) is 0 Å². The van der Waals surface area contributed by atoms with Crippen molar-refractivity contribution in [3.8, 4) is 0 Å². The second-order valence-corrected chi connectivity index (χ2v) is 3.92. The van der Waals surface area contributed by atoms with E-state index in [-0.39, 0.29) is 37.3 Å². The summed E-state index contributed by atoms with van der Waals surface area (Å²) in [5.41, 5.74) is 6.61. The maximum atomic E-state index is 11.4. The number of aryl methyl sites for hydroxylation is 1. The van der Waals surface area contributed by atoms with Crippen LogP contribution in [0.5, 0.6) is 0 Å². The molecule has 0 saturated carbocycles.